The van der Waals surface area contributed by atoms with Crippen LogP contribution in [0.1, 0.15) is 17.7 Å². The summed E-state index contributed by atoms with van der Waals surface area (Å²) in [6.45, 7) is 4.09. The molecule has 0 bridgehead atoms. The van der Waals surface area contributed by atoms with Gasteiger partial charge in [0.05, 0.1) is 13.0 Å². The van der Waals surface area contributed by atoms with Gasteiger partial charge in [0.25, 0.3) is 0 Å². The number of aryl methyl sites for hydroxylation is 2. The van der Waals surface area contributed by atoms with Gasteiger partial charge in [-0.15, -0.1) is 0 Å². The summed E-state index contributed by atoms with van der Waals surface area (Å²) >= 11 is 0. The van der Waals surface area contributed by atoms with Crippen molar-refractivity contribution in [2.75, 3.05) is 11.9 Å². The van der Waals surface area contributed by atoms with E-state index in [1.165, 1.54) is 0 Å². The molecule has 2 aromatic rings. The maximum Gasteiger partial charge on any atom is 0.229 e. The monoisotopic (exact) mass is 260 g/mol. The summed E-state index contributed by atoms with van der Waals surface area (Å²) in [7, 11) is 0. The third kappa shape index (κ3) is 4.13. The highest BCUT2D eigenvalue weighted by Crippen LogP contribution is 2.12. The third-order valence-corrected chi connectivity index (χ3v) is 2.48. The molecule has 1 heterocycles. The van der Waals surface area contributed by atoms with E-state index in [0.29, 0.717) is 18.2 Å². The van der Waals surface area contributed by atoms with E-state index < -0.39 is 0 Å². The van der Waals surface area contributed by atoms with Crippen molar-refractivity contribution in [3.8, 4) is 5.75 Å². The molecule has 0 aliphatic carbocycles. The van der Waals surface area contributed by atoms with Gasteiger partial charge in [0.1, 0.15) is 11.5 Å². The number of anilines is 1. The van der Waals surface area contributed by atoms with Crippen LogP contribution in [0, 0.1) is 13.8 Å². The largest absolute Gasteiger partial charge is 0.493 e. The molecule has 2 rings (SSSR count). The Morgan fingerprint density at radius 1 is 1.37 bits per heavy atom. The highest BCUT2D eigenvalue weighted by atomic mass is 16.5. The minimum Gasteiger partial charge on any atom is -0.493 e. The molecule has 0 aliphatic rings. The highest BCUT2D eigenvalue weighted by molar-refractivity contribution is 5.89. The molecule has 0 atom stereocenters. The maximum absolute atomic E-state index is 11.6. The first-order valence-electron chi connectivity index (χ1n) is 6.06. The molecular weight excluding hydrogens is 244 g/mol. The van der Waals surface area contributed by atoms with Crippen LogP contribution in [0.15, 0.2) is 34.9 Å². The average Bonchev–Trinajstić information content (AvgIpc) is 2.75. The fourth-order valence-electron chi connectivity index (χ4n) is 1.60. The SMILES string of the molecule is Cc1cccc(OCCC(=O)Nc2cc(C)on2)c1. The molecule has 1 N–H and O–H groups in total. The van der Waals surface area contributed by atoms with Crippen LogP contribution in [0.5, 0.6) is 5.75 Å². The van der Waals surface area contributed by atoms with Crippen LogP contribution in [0.4, 0.5) is 5.82 Å². The summed E-state index contributed by atoms with van der Waals surface area (Å²) in [6.07, 6.45) is 0.264. The van der Waals surface area contributed by atoms with Gasteiger partial charge < -0.3 is 14.6 Å². The molecule has 0 aliphatic heterocycles. The predicted molar refractivity (Wildman–Crippen MR) is 71.2 cm³/mol. The molecular formula is C14H16N2O3. The Balaban J connectivity index is 1.75. The van der Waals surface area contributed by atoms with Crippen LogP contribution in [0.25, 0.3) is 0 Å². The number of aromatic nitrogens is 1. The first-order valence-corrected chi connectivity index (χ1v) is 6.06. The molecule has 1 aromatic carbocycles. The number of nitrogens with zero attached hydrogens (tertiary/aromatic N) is 1. The Labute approximate surface area is 111 Å². The van der Waals surface area contributed by atoms with Crippen molar-refractivity contribution in [1.29, 1.82) is 0 Å². The van der Waals surface area contributed by atoms with Gasteiger partial charge in [0.2, 0.25) is 5.91 Å². The van der Waals surface area contributed by atoms with Crippen LogP contribution >= 0.6 is 0 Å². The molecule has 0 saturated carbocycles. The molecule has 0 fully saturated rings. The zero-order valence-corrected chi connectivity index (χ0v) is 11.0. The molecule has 5 heteroatoms. The first kappa shape index (κ1) is 13.1. The van der Waals surface area contributed by atoms with Gasteiger partial charge in [-0.2, -0.15) is 0 Å². The summed E-state index contributed by atoms with van der Waals surface area (Å²) in [5.41, 5.74) is 1.13. The molecule has 1 aromatic heterocycles. The summed E-state index contributed by atoms with van der Waals surface area (Å²) in [5.74, 6) is 1.70. The Hall–Kier alpha value is -2.30. The standard InChI is InChI=1S/C14H16N2O3/c1-10-4-3-5-12(8-10)18-7-6-14(17)15-13-9-11(2)19-16-13/h3-5,8-9H,6-7H2,1-2H3,(H,15,16,17). The number of hydrogen-bond donors (Lipinski definition) is 1. The zero-order valence-electron chi connectivity index (χ0n) is 11.0. The number of amides is 1. The fraction of sp³-hybridized carbons (Fsp3) is 0.286. The lowest BCUT2D eigenvalue weighted by atomic mass is 10.2. The highest BCUT2D eigenvalue weighted by Gasteiger charge is 2.06. The van der Waals surface area contributed by atoms with Gasteiger partial charge >= 0.3 is 0 Å². The normalized spacial score (nSPS) is 10.2. The quantitative estimate of drug-likeness (QED) is 0.897. The lowest BCUT2D eigenvalue weighted by molar-refractivity contribution is -0.116. The molecule has 0 radical (unpaired) electrons. The summed E-state index contributed by atoms with van der Waals surface area (Å²) in [6, 6.07) is 9.37. The Morgan fingerprint density at radius 3 is 2.89 bits per heavy atom. The summed E-state index contributed by atoms with van der Waals surface area (Å²) in [5, 5.41) is 6.32. The van der Waals surface area contributed by atoms with Crippen molar-refractivity contribution in [2.24, 2.45) is 0 Å². The van der Waals surface area contributed by atoms with Crippen molar-refractivity contribution in [1.82, 2.24) is 5.16 Å². The summed E-state index contributed by atoms with van der Waals surface area (Å²) in [4.78, 5) is 11.6. The van der Waals surface area contributed by atoms with Crippen molar-refractivity contribution in [3.63, 3.8) is 0 Å². The Bertz CT molecular complexity index is 563. The van der Waals surface area contributed by atoms with Crippen molar-refractivity contribution in [3.05, 3.63) is 41.7 Å². The van der Waals surface area contributed by atoms with E-state index in [2.05, 4.69) is 10.5 Å². The van der Waals surface area contributed by atoms with Crippen molar-refractivity contribution < 1.29 is 14.1 Å². The number of nitrogens with one attached hydrogen (secondary N) is 1. The number of carbonyl (C=O) groups is 1. The molecule has 19 heavy (non-hydrogen) atoms. The topological polar surface area (TPSA) is 64.4 Å². The van der Waals surface area contributed by atoms with E-state index in [1.807, 2.05) is 31.2 Å². The van der Waals surface area contributed by atoms with E-state index in [-0.39, 0.29) is 12.3 Å². The number of carbonyl (C=O) groups excluding carboxylic acids is 1. The first-order chi connectivity index (χ1) is 9.13. The lowest BCUT2D eigenvalue weighted by Crippen LogP contribution is -2.15. The van der Waals surface area contributed by atoms with Crippen LogP contribution in [-0.2, 0) is 4.79 Å². The second-order valence-corrected chi connectivity index (χ2v) is 4.29. The molecule has 100 valence electrons. The summed E-state index contributed by atoms with van der Waals surface area (Å²) < 4.78 is 10.4. The Kier molecular flexibility index (Phi) is 4.18. The van der Waals surface area contributed by atoms with Crippen LogP contribution in [0.2, 0.25) is 0 Å². The van der Waals surface area contributed by atoms with E-state index in [9.17, 15) is 4.79 Å². The number of benzene rings is 1. The average molecular weight is 260 g/mol. The van der Waals surface area contributed by atoms with Crippen molar-refractivity contribution >= 4 is 11.7 Å². The lowest BCUT2D eigenvalue weighted by Gasteiger charge is -2.06. The molecule has 1 amide bonds. The minimum atomic E-state index is -0.152. The van der Waals surface area contributed by atoms with Gasteiger partial charge in [-0.05, 0) is 31.5 Å². The van der Waals surface area contributed by atoms with Gasteiger partial charge in [0.15, 0.2) is 5.82 Å². The van der Waals surface area contributed by atoms with E-state index in [0.717, 1.165) is 11.3 Å². The van der Waals surface area contributed by atoms with Crippen LogP contribution in [0.3, 0.4) is 0 Å². The van der Waals surface area contributed by atoms with Crippen molar-refractivity contribution in [2.45, 2.75) is 20.3 Å². The number of ether oxygens (including phenoxy) is 1. The van der Waals surface area contributed by atoms with Crippen LogP contribution in [-0.4, -0.2) is 17.7 Å². The third-order valence-electron chi connectivity index (χ3n) is 2.48. The van der Waals surface area contributed by atoms with Gasteiger partial charge in [0, 0.05) is 6.07 Å². The molecule has 0 unspecified atom stereocenters. The van der Waals surface area contributed by atoms with Gasteiger partial charge in [-0.3, -0.25) is 4.79 Å². The molecule has 0 spiro atoms. The second kappa shape index (κ2) is 6.04. The van der Waals surface area contributed by atoms with Crippen LogP contribution < -0.4 is 10.1 Å². The number of hydrogen-bond acceptors (Lipinski definition) is 4. The smallest absolute Gasteiger partial charge is 0.229 e. The van der Waals surface area contributed by atoms with E-state index >= 15 is 0 Å². The minimum absolute atomic E-state index is 0.152. The second-order valence-electron chi connectivity index (χ2n) is 4.29. The zero-order chi connectivity index (χ0) is 13.7. The predicted octanol–water partition coefficient (Wildman–Crippen LogP) is 2.70. The van der Waals surface area contributed by atoms with E-state index in [4.69, 9.17) is 9.26 Å². The van der Waals surface area contributed by atoms with Gasteiger partial charge in [-0.25, -0.2) is 0 Å². The Morgan fingerprint density at radius 2 is 2.21 bits per heavy atom. The fourth-order valence-corrected chi connectivity index (χ4v) is 1.60. The molecule has 5 nitrogen and oxygen atoms in total. The van der Waals surface area contributed by atoms with Gasteiger partial charge in [-0.1, -0.05) is 17.3 Å². The maximum atomic E-state index is 11.6. The molecule has 0 saturated heterocycles. The number of rotatable bonds is 5. The van der Waals surface area contributed by atoms with E-state index in [1.54, 1.807) is 13.0 Å².